The molecule has 1 rings (SSSR count). The van der Waals surface area contributed by atoms with Crippen LogP contribution in [0.3, 0.4) is 0 Å². The van der Waals surface area contributed by atoms with Gasteiger partial charge in [0.05, 0.1) is 6.17 Å². The predicted molar refractivity (Wildman–Crippen MR) is 76.7 cm³/mol. The predicted octanol–water partition coefficient (Wildman–Crippen LogP) is 4.30. The van der Waals surface area contributed by atoms with Crippen LogP contribution in [0.5, 0.6) is 0 Å². The Kier molecular flexibility index (Phi) is 9.30. The van der Waals surface area contributed by atoms with Crippen LogP contribution in [0.4, 0.5) is 0 Å². The lowest BCUT2D eigenvalue weighted by molar-refractivity contribution is 0.459. The van der Waals surface area contributed by atoms with E-state index in [2.05, 4.69) is 23.4 Å². The van der Waals surface area contributed by atoms with Gasteiger partial charge in [0.1, 0.15) is 0 Å². The van der Waals surface area contributed by atoms with Gasteiger partial charge in [-0.05, 0) is 19.3 Å². The van der Waals surface area contributed by atoms with E-state index in [0.717, 1.165) is 13.0 Å². The fraction of sp³-hybridized carbons (Fsp3) is 0.933. The van der Waals surface area contributed by atoms with E-state index in [4.69, 9.17) is 0 Å². The molecule has 2 nitrogen and oxygen atoms in total. The quantitative estimate of drug-likeness (QED) is 0.564. The lowest BCUT2D eigenvalue weighted by atomic mass is 10.1. The molecule has 0 saturated carbocycles. The van der Waals surface area contributed by atoms with Gasteiger partial charge in [-0.3, -0.25) is 10.3 Å². The van der Waals surface area contributed by atoms with Crippen molar-refractivity contribution in [3.63, 3.8) is 0 Å². The van der Waals surface area contributed by atoms with Crippen molar-refractivity contribution < 1.29 is 0 Å². The van der Waals surface area contributed by atoms with Gasteiger partial charge in [-0.2, -0.15) is 0 Å². The van der Waals surface area contributed by atoms with Crippen LogP contribution in [0.2, 0.25) is 0 Å². The van der Waals surface area contributed by atoms with E-state index < -0.39 is 0 Å². The van der Waals surface area contributed by atoms with Crippen LogP contribution in [0.25, 0.3) is 0 Å². The molecule has 100 valence electrons. The van der Waals surface area contributed by atoms with Gasteiger partial charge in [-0.15, -0.1) is 0 Å². The molecular weight excluding hydrogens is 208 g/mol. The van der Waals surface area contributed by atoms with E-state index in [1.54, 1.807) is 0 Å². The fourth-order valence-corrected chi connectivity index (χ4v) is 2.39. The Balaban J connectivity index is 1.78. The summed E-state index contributed by atoms with van der Waals surface area (Å²) >= 11 is 0. The average Bonchev–Trinajstić information content (AvgIpc) is 2.38. The van der Waals surface area contributed by atoms with Crippen molar-refractivity contribution in [1.29, 1.82) is 0 Å². The number of rotatable bonds is 10. The molecule has 17 heavy (non-hydrogen) atoms. The maximum absolute atomic E-state index is 4.46. The van der Waals surface area contributed by atoms with Gasteiger partial charge < -0.3 is 0 Å². The first kappa shape index (κ1) is 14.7. The van der Waals surface area contributed by atoms with E-state index in [1.807, 2.05) is 0 Å². The summed E-state index contributed by atoms with van der Waals surface area (Å²) in [5.41, 5.74) is 0. The minimum atomic E-state index is 0.424. The second-order valence-corrected chi connectivity index (χ2v) is 5.21. The summed E-state index contributed by atoms with van der Waals surface area (Å²) in [6.07, 6.45) is 17.5. The Morgan fingerprint density at radius 2 is 1.65 bits per heavy atom. The molecule has 0 aromatic rings. The highest BCUT2D eigenvalue weighted by Gasteiger charge is 2.06. The summed E-state index contributed by atoms with van der Waals surface area (Å²) in [7, 11) is 0. The maximum atomic E-state index is 4.46. The van der Waals surface area contributed by atoms with Crippen molar-refractivity contribution in [2.45, 2.75) is 83.7 Å². The normalized spacial score (nSPS) is 19.7. The molecule has 1 N–H and O–H groups in total. The molecule has 0 spiro atoms. The molecule has 0 amide bonds. The zero-order chi connectivity index (χ0) is 12.2. The van der Waals surface area contributed by atoms with E-state index in [9.17, 15) is 0 Å². The van der Waals surface area contributed by atoms with Crippen LogP contribution in [-0.4, -0.2) is 18.9 Å². The van der Waals surface area contributed by atoms with Crippen LogP contribution < -0.4 is 5.32 Å². The SMILES string of the molecule is CCCCCCCCCCCC1N=CCCN1. The number of hydrogen-bond donors (Lipinski definition) is 1. The van der Waals surface area contributed by atoms with Crippen molar-refractivity contribution in [3.05, 3.63) is 0 Å². The van der Waals surface area contributed by atoms with Crippen LogP contribution in [0.1, 0.15) is 77.6 Å². The molecule has 0 aliphatic carbocycles. The molecule has 0 fully saturated rings. The first-order chi connectivity index (χ1) is 8.43. The van der Waals surface area contributed by atoms with Gasteiger partial charge in [0.25, 0.3) is 0 Å². The van der Waals surface area contributed by atoms with Gasteiger partial charge in [-0.1, -0.05) is 58.3 Å². The molecule has 2 heteroatoms. The third-order valence-electron chi connectivity index (χ3n) is 3.52. The lowest BCUT2D eigenvalue weighted by Gasteiger charge is -2.17. The molecule has 0 aromatic heterocycles. The Morgan fingerprint density at radius 3 is 2.24 bits per heavy atom. The molecule has 0 radical (unpaired) electrons. The highest BCUT2D eigenvalue weighted by molar-refractivity contribution is 5.58. The third-order valence-corrected chi connectivity index (χ3v) is 3.52. The molecular formula is C15H30N2. The van der Waals surface area contributed by atoms with Gasteiger partial charge >= 0.3 is 0 Å². The second-order valence-electron chi connectivity index (χ2n) is 5.21. The molecule has 1 atom stereocenters. The standard InChI is InChI=1S/C15H30N2/c1-2-3-4-5-6-7-8-9-10-12-15-16-13-11-14-17-15/h13,15,17H,2-12,14H2,1H3. The number of nitrogens with zero attached hydrogens (tertiary/aromatic N) is 1. The number of unbranched alkanes of at least 4 members (excludes halogenated alkanes) is 8. The van der Waals surface area contributed by atoms with E-state index >= 15 is 0 Å². The summed E-state index contributed by atoms with van der Waals surface area (Å²) < 4.78 is 0. The lowest BCUT2D eigenvalue weighted by Crippen LogP contribution is -2.31. The van der Waals surface area contributed by atoms with Gasteiger partial charge in [0, 0.05) is 12.8 Å². The largest absolute Gasteiger partial charge is 0.295 e. The first-order valence-electron chi connectivity index (χ1n) is 7.68. The number of hydrogen-bond acceptors (Lipinski definition) is 2. The average molecular weight is 238 g/mol. The number of nitrogens with one attached hydrogen (secondary N) is 1. The Bertz CT molecular complexity index is 189. The Labute approximate surface area is 107 Å². The highest BCUT2D eigenvalue weighted by Crippen LogP contribution is 2.12. The van der Waals surface area contributed by atoms with Crippen LogP contribution in [0.15, 0.2) is 4.99 Å². The van der Waals surface area contributed by atoms with Crippen LogP contribution >= 0.6 is 0 Å². The van der Waals surface area contributed by atoms with E-state index in [0.29, 0.717) is 6.17 Å². The van der Waals surface area contributed by atoms with E-state index in [-0.39, 0.29) is 0 Å². The van der Waals surface area contributed by atoms with Crippen LogP contribution in [-0.2, 0) is 0 Å². The molecule has 1 heterocycles. The minimum Gasteiger partial charge on any atom is -0.295 e. The summed E-state index contributed by atoms with van der Waals surface area (Å²) in [5.74, 6) is 0. The van der Waals surface area contributed by atoms with Crippen LogP contribution in [0, 0.1) is 0 Å². The summed E-state index contributed by atoms with van der Waals surface area (Å²) in [6, 6.07) is 0. The van der Waals surface area contributed by atoms with E-state index in [1.165, 1.54) is 64.2 Å². The fourth-order valence-electron chi connectivity index (χ4n) is 2.39. The Hall–Kier alpha value is -0.370. The highest BCUT2D eigenvalue weighted by atomic mass is 15.1. The molecule has 1 unspecified atom stereocenters. The van der Waals surface area contributed by atoms with Crippen molar-refractivity contribution in [2.75, 3.05) is 6.54 Å². The van der Waals surface area contributed by atoms with Crippen molar-refractivity contribution in [3.8, 4) is 0 Å². The smallest absolute Gasteiger partial charge is 0.0990 e. The Morgan fingerprint density at radius 1 is 1.00 bits per heavy atom. The monoisotopic (exact) mass is 238 g/mol. The van der Waals surface area contributed by atoms with Crippen molar-refractivity contribution in [2.24, 2.45) is 4.99 Å². The van der Waals surface area contributed by atoms with Gasteiger partial charge in [0.15, 0.2) is 0 Å². The topological polar surface area (TPSA) is 24.4 Å². The number of aliphatic imine (C=N–C) groups is 1. The minimum absolute atomic E-state index is 0.424. The second kappa shape index (κ2) is 10.8. The molecule has 0 bridgehead atoms. The molecule has 0 aromatic carbocycles. The summed E-state index contributed by atoms with van der Waals surface area (Å²) in [6.45, 7) is 3.40. The zero-order valence-electron chi connectivity index (χ0n) is 11.6. The molecule has 1 aliphatic rings. The van der Waals surface area contributed by atoms with Gasteiger partial charge in [-0.25, -0.2) is 0 Å². The van der Waals surface area contributed by atoms with Crippen molar-refractivity contribution in [1.82, 2.24) is 5.32 Å². The van der Waals surface area contributed by atoms with Gasteiger partial charge in [0.2, 0.25) is 0 Å². The summed E-state index contributed by atoms with van der Waals surface area (Å²) in [4.78, 5) is 4.46. The van der Waals surface area contributed by atoms with Crippen molar-refractivity contribution >= 4 is 6.21 Å². The first-order valence-corrected chi connectivity index (χ1v) is 7.68. The zero-order valence-corrected chi connectivity index (χ0v) is 11.6. The molecule has 0 saturated heterocycles. The third kappa shape index (κ3) is 8.37. The summed E-state index contributed by atoms with van der Waals surface area (Å²) in [5, 5.41) is 3.45. The molecule has 1 aliphatic heterocycles. The maximum Gasteiger partial charge on any atom is 0.0990 e.